The number of amides is 1. The molecule has 1 fully saturated rings. The fraction of sp³-hybridized carbons (Fsp3) is 0.667. The molecule has 0 aromatic carbocycles. The Labute approximate surface area is 106 Å². The highest BCUT2D eigenvalue weighted by Crippen LogP contribution is 2.33. The highest BCUT2D eigenvalue weighted by molar-refractivity contribution is 5.95. The number of aryl methyl sites for hydroxylation is 1. The van der Waals surface area contributed by atoms with Gasteiger partial charge in [0.25, 0.3) is 0 Å². The fourth-order valence-electron chi connectivity index (χ4n) is 2.45. The van der Waals surface area contributed by atoms with Gasteiger partial charge in [-0.1, -0.05) is 6.92 Å². The lowest BCUT2D eigenvalue weighted by Crippen LogP contribution is -2.32. The number of rotatable bonds is 2. The number of nitrogens with zero attached hydrogens (tertiary/aromatic N) is 1. The molecule has 0 aliphatic carbocycles. The first kappa shape index (κ1) is 12.9. The Bertz CT molecular complexity index is 457. The lowest BCUT2D eigenvalue weighted by Gasteiger charge is -2.17. The molecule has 2 rings (SSSR count). The van der Waals surface area contributed by atoms with Crippen LogP contribution in [0.4, 0.5) is 11.5 Å². The average Bonchev–Trinajstić information content (AvgIpc) is 2.73. The van der Waals surface area contributed by atoms with Gasteiger partial charge in [-0.05, 0) is 26.7 Å². The number of nitrogen functional groups attached to an aromatic ring is 1. The third kappa shape index (κ3) is 2.08. The first-order valence-electron chi connectivity index (χ1n) is 6.18. The van der Waals surface area contributed by atoms with Crippen LogP contribution in [0.1, 0.15) is 26.5 Å². The molecular weight excluding hydrogens is 232 g/mol. The number of carbonyl (C=O) groups excluding carboxylic acids is 1. The summed E-state index contributed by atoms with van der Waals surface area (Å²) in [7, 11) is 0. The standard InChI is InChI=1S/C12H20N4O2/c1-5-7(3)18-8(4)9(5)12(17)14-11-10(13)6(2)15-16-11/h5,7-9H,13H2,1-4H3,(H2,14,15,16,17). The van der Waals surface area contributed by atoms with Gasteiger partial charge in [0.1, 0.15) is 0 Å². The molecule has 0 spiro atoms. The quantitative estimate of drug-likeness (QED) is 0.739. The predicted molar refractivity (Wildman–Crippen MR) is 69.0 cm³/mol. The number of carbonyl (C=O) groups is 1. The van der Waals surface area contributed by atoms with E-state index >= 15 is 0 Å². The first-order chi connectivity index (χ1) is 8.41. The zero-order valence-electron chi connectivity index (χ0n) is 11.2. The van der Waals surface area contributed by atoms with Gasteiger partial charge < -0.3 is 15.8 Å². The minimum absolute atomic E-state index is 0.0856. The zero-order valence-corrected chi connectivity index (χ0v) is 11.2. The number of aromatic nitrogens is 2. The van der Waals surface area contributed by atoms with Gasteiger partial charge in [-0.15, -0.1) is 0 Å². The van der Waals surface area contributed by atoms with Gasteiger partial charge in [-0.3, -0.25) is 9.89 Å². The van der Waals surface area contributed by atoms with Crippen LogP contribution in [0.2, 0.25) is 0 Å². The van der Waals surface area contributed by atoms with Crippen LogP contribution < -0.4 is 11.1 Å². The number of anilines is 2. The summed E-state index contributed by atoms with van der Waals surface area (Å²) in [5.74, 6) is 0.326. The number of hydrogen-bond acceptors (Lipinski definition) is 4. The first-order valence-corrected chi connectivity index (χ1v) is 6.18. The van der Waals surface area contributed by atoms with Crippen LogP contribution in [0.3, 0.4) is 0 Å². The van der Waals surface area contributed by atoms with Crippen molar-refractivity contribution in [1.29, 1.82) is 0 Å². The van der Waals surface area contributed by atoms with Crippen molar-refractivity contribution >= 4 is 17.4 Å². The number of H-pyrrole nitrogens is 1. The third-order valence-corrected chi connectivity index (χ3v) is 3.78. The summed E-state index contributed by atoms with van der Waals surface area (Å²) >= 11 is 0. The van der Waals surface area contributed by atoms with Crippen molar-refractivity contribution < 1.29 is 9.53 Å². The normalized spacial score (nSPS) is 31.6. The summed E-state index contributed by atoms with van der Waals surface area (Å²) in [5.41, 5.74) is 7.04. The van der Waals surface area contributed by atoms with Crippen LogP contribution in [-0.2, 0) is 9.53 Å². The summed E-state index contributed by atoms with van der Waals surface area (Å²) in [4.78, 5) is 12.2. The van der Waals surface area contributed by atoms with E-state index in [1.807, 2.05) is 27.7 Å². The monoisotopic (exact) mass is 252 g/mol. The molecule has 0 saturated carbocycles. The van der Waals surface area contributed by atoms with E-state index in [9.17, 15) is 4.79 Å². The van der Waals surface area contributed by atoms with Crippen molar-refractivity contribution in [3.8, 4) is 0 Å². The number of hydrogen-bond donors (Lipinski definition) is 3. The van der Waals surface area contributed by atoms with Gasteiger partial charge in [0.05, 0.1) is 29.5 Å². The van der Waals surface area contributed by atoms with Gasteiger partial charge in [-0.2, -0.15) is 5.10 Å². The van der Waals surface area contributed by atoms with Gasteiger partial charge >= 0.3 is 0 Å². The largest absolute Gasteiger partial charge is 0.394 e. The molecule has 4 unspecified atom stereocenters. The smallest absolute Gasteiger partial charge is 0.231 e. The molecule has 1 aromatic rings. The molecule has 1 amide bonds. The van der Waals surface area contributed by atoms with E-state index < -0.39 is 0 Å². The SMILES string of the molecule is Cc1[nH]nc(NC(=O)C2C(C)OC(C)C2C)c1N. The lowest BCUT2D eigenvalue weighted by molar-refractivity contribution is -0.122. The summed E-state index contributed by atoms with van der Waals surface area (Å²) in [6.07, 6.45) is 0.00489. The number of ether oxygens (including phenoxy) is 1. The Kier molecular flexibility index (Phi) is 3.30. The predicted octanol–water partition coefficient (Wildman–Crippen LogP) is 1.30. The summed E-state index contributed by atoms with van der Waals surface area (Å²) in [5, 5.41) is 9.48. The summed E-state index contributed by atoms with van der Waals surface area (Å²) < 4.78 is 5.66. The molecule has 4 atom stereocenters. The van der Waals surface area contributed by atoms with Crippen molar-refractivity contribution in [2.75, 3.05) is 11.1 Å². The molecule has 4 N–H and O–H groups in total. The second-order valence-corrected chi connectivity index (χ2v) is 5.03. The highest BCUT2D eigenvalue weighted by atomic mass is 16.5. The number of nitrogens with one attached hydrogen (secondary N) is 2. The highest BCUT2D eigenvalue weighted by Gasteiger charge is 2.41. The molecule has 2 heterocycles. The van der Waals surface area contributed by atoms with Gasteiger partial charge in [0.2, 0.25) is 5.91 Å². The van der Waals surface area contributed by atoms with Crippen LogP contribution in [0.15, 0.2) is 0 Å². The average molecular weight is 252 g/mol. The summed E-state index contributed by atoms with van der Waals surface area (Å²) in [6, 6.07) is 0. The van der Waals surface area contributed by atoms with E-state index in [2.05, 4.69) is 15.5 Å². The molecule has 6 heteroatoms. The minimum Gasteiger partial charge on any atom is -0.394 e. The topological polar surface area (TPSA) is 93.0 Å². The van der Waals surface area contributed by atoms with Gasteiger partial charge in [-0.25, -0.2) is 0 Å². The molecule has 6 nitrogen and oxygen atoms in total. The minimum atomic E-state index is -0.170. The van der Waals surface area contributed by atoms with E-state index in [0.29, 0.717) is 11.5 Å². The molecular formula is C12H20N4O2. The Morgan fingerprint density at radius 3 is 2.50 bits per heavy atom. The van der Waals surface area contributed by atoms with E-state index in [1.165, 1.54) is 0 Å². The van der Waals surface area contributed by atoms with Crippen LogP contribution in [0.25, 0.3) is 0 Å². The lowest BCUT2D eigenvalue weighted by atomic mass is 9.89. The van der Waals surface area contributed by atoms with Crippen molar-refractivity contribution in [2.45, 2.75) is 39.9 Å². The second-order valence-electron chi connectivity index (χ2n) is 5.03. The number of aromatic amines is 1. The van der Waals surface area contributed by atoms with Crippen LogP contribution in [0.5, 0.6) is 0 Å². The van der Waals surface area contributed by atoms with E-state index in [4.69, 9.17) is 10.5 Å². The molecule has 1 aliphatic rings. The Morgan fingerprint density at radius 1 is 1.39 bits per heavy atom. The molecule has 1 aliphatic heterocycles. The fourth-order valence-corrected chi connectivity index (χ4v) is 2.45. The van der Waals surface area contributed by atoms with Crippen LogP contribution in [0, 0.1) is 18.8 Å². The Hall–Kier alpha value is -1.56. The maximum Gasteiger partial charge on any atom is 0.231 e. The van der Waals surface area contributed by atoms with Gasteiger partial charge in [0, 0.05) is 0 Å². The molecule has 0 bridgehead atoms. The molecule has 100 valence electrons. The third-order valence-electron chi connectivity index (χ3n) is 3.78. The maximum absolute atomic E-state index is 12.2. The van der Waals surface area contributed by atoms with E-state index in [1.54, 1.807) is 0 Å². The Balaban J connectivity index is 2.11. The Morgan fingerprint density at radius 2 is 2.06 bits per heavy atom. The van der Waals surface area contributed by atoms with Crippen LogP contribution in [-0.4, -0.2) is 28.3 Å². The number of nitrogens with two attached hydrogens (primary N) is 1. The van der Waals surface area contributed by atoms with Crippen LogP contribution >= 0.6 is 0 Å². The maximum atomic E-state index is 12.2. The molecule has 18 heavy (non-hydrogen) atoms. The molecule has 1 saturated heterocycles. The van der Waals surface area contributed by atoms with E-state index in [0.717, 1.165) is 5.69 Å². The summed E-state index contributed by atoms with van der Waals surface area (Å²) in [6.45, 7) is 7.74. The zero-order chi connectivity index (χ0) is 13.4. The second kappa shape index (κ2) is 4.61. The van der Waals surface area contributed by atoms with Crippen molar-refractivity contribution in [1.82, 2.24) is 10.2 Å². The van der Waals surface area contributed by atoms with Crippen molar-refractivity contribution in [2.24, 2.45) is 11.8 Å². The van der Waals surface area contributed by atoms with Crippen molar-refractivity contribution in [3.63, 3.8) is 0 Å². The van der Waals surface area contributed by atoms with Gasteiger partial charge in [0.15, 0.2) is 5.82 Å². The van der Waals surface area contributed by atoms with E-state index in [-0.39, 0.29) is 30.0 Å². The molecule has 1 aromatic heterocycles. The molecule has 0 radical (unpaired) electrons. The van der Waals surface area contributed by atoms with Crippen molar-refractivity contribution in [3.05, 3.63) is 5.69 Å².